The van der Waals surface area contributed by atoms with E-state index in [2.05, 4.69) is 26.7 Å². The van der Waals surface area contributed by atoms with Gasteiger partial charge in [-0.15, -0.1) is 0 Å². The number of aromatic nitrogens is 2. The minimum absolute atomic E-state index is 0.0546. The summed E-state index contributed by atoms with van der Waals surface area (Å²) in [5, 5.41) is 16.8. The van der Waals surface area contributed by atoms with Crippen LogP contribution in [0.5, 0.6) is 11.5 Å². The number of benzene rings is 2. The molecule has 2 heterocycles. The molecule has 2 aromatic carbocycles. The summed E-state index contributed by atoms with van der Waals surface area (Å²) in [6.45, 7) is 0.185. The van der Waals surface area contributed by atoms with Crippen LogP contribution in [0.15, 0.2) is 73.1 Å². The van der Waals surface area contributed by atoms with Gasteiger partial charge < -0.3 is 25.0 Å². The lowest BCUT2D eigenvalue weighted by Gasteiger charge is -2.16. The van der Waals surface area contributed by atoms with Crippen molar-refractivity contribution < 1.29 is 18.4 Å². The Morgan fingerprint density at radius 2 is 2.08 bits per heavy atom. The average molecular weight is 560 g/mol. The zero-order chi connectivity index (χ0) is 31.0. The van der Waals surface area contributed by atoms with Crippen LogP contribution < -0.4 is 20.1 Å². The number of hydrogen-bond acceptors (Lipinski definition) is 8. The lowest BCUT2D eigenvalue weighted by Crippen LogP contribution is -2.13. The predicted molar refractivity (Wildman–Crippen MR) is 157 cm³/mol. The summed E-state index contributed by atoms with van der Waals surface area (Å²) >= 11 is 6.51. The average Bonchev–Trinajstić information content (AvgIpc) is 2.97. The molecule has 204 valence electrons. The molecule has 0 aliphatic heterocycles. The standard InChI is InChI=1S/C30H29ClN6O3/c1-4-39-28-16-25-23(15-26(28)36-29(38)9-7-13-37(2)3)30(20(17-32)18-34-25)35-21-10-11-27(24(31)14-21)40-19-22-8-5-6-12-33-22/h5-12,14-16,18H,4,13,19H2,1-3H3,(H,34,35)(H,36,38)/i2D3. The van der Waals surface area contributed by atoms with Crippen LogP contribution in [0.3, 0.4) is 0 Å². The van der Waals surface area contributed by atoms with Crippen LogP contribution >= 0.6 is 11.6 Å². The molecular weight excluding hydrogens is 528 g/mol. The molecule has 0 bridgehead atoms. The maximum Gasteiger partial charge on any atom is 0.248 e. The summed E-state index contributed by atoms with van der Waals surface area (Å²) in [5.74, 6) is 0.380. The molecule has 0 atom stereocenters. The van der Waals surface area contributed by atoms with Gasteiger partial charge in [0.15, 0.2) is 0 Å². The molecule has 0 fully saturated rings. The number of carbonyl (C=O) groups excluding carboxylic acids is 1. The fraction of sp³-hybridized carbons (Fsp3) is 0.200. The van der Waals surface area contributed by atoms with Crippen LogP contribution in [-0.4, -0.2) is 48.0 Å². The Morgan fingerprint density at radius 1 is 1.20 bits per heavy atom. The van der Waals surface area contributed by atoms with Crippen LogP contribution in [0.25, 0.3) is 10.9 Å². The highest BCUT2D eigenvalue weighted by molar-refractivity contribution is 6.32. The predicted octanol–water partition coefficient (Wildman–Crippen LogP) is 5.93. The molecule has 0 radical (unpaired) electrons. The topological polar surface area (TPSA) is 112 Å². The number of likely N-dealkylation sites (N-methyl/N-ethyl adjacent to an activating group) is 1. The van der Waals surface area contributed by atoms with Crippen molar-refractivity contribution in [2.75, 3.05) is 37.8 Å². The van der Waals surface area contributed by atoms with Gasteiger partial charge in [-0.1, -0.05) is 23.7 Å². The number of carbonyl (C=O) groups is 1. The Bertz CT molecular complexity index is 1680. The number of fused-ring (bicyclic) bond motifs is 1. The highest BCUT2D eigenvalue weighted by atomic mass is 35.5. The molecule has 0 unspecified atom stereocenters. The Balaban J connectivity index is 1.61. The van der Waals surface area contributed by atoms with E-state index >= 15 is 0 Å². The van der Waals surface area contributed by atoms with Crippen LogP contribution in [-0.2, 0) is 11.4 Å². The highest BCUT2D eigenvalue weighted by Gasteiger charge is 2.16. The van der Waals surface area contributed by atoms with E-state index in [0.29, 0.717) is 51.1 Å². The Kier molecular flexibility index (Phi) is 8.19. The highest BCUT2D eigenvalue weighted by Crippen LogP contribution is 2.37. The molecule has 2 aromatic heterocycles. The number of ether oxygens (including phenoxy) is 2. The summed E-state index contributed by atoms with van der Waals surface area (Å²) in [6, 6.07) is 16.2. The molecule has 0 spiro atoms. The largest absolute Gasteiger partial charge is 0.492 e. The molecule has 4 aromatic rings. The maximum atomic E-state index is 12.7. The van der Waals surface area contributed by atoms with E-state index in [-0.39, 0.29) is 18.7 Å². The minimum atomic E-state index is -2.27. The third-order valence-corrected chi connectivity index (χ3v) is 5.89. The molecule has 10 heteroatoms. The first kappa shape index (κ1) is 24.4. The van der Waals surface area contributed by atoms with Crippen molar-refractivity contribution in [1.29, 1.82) is 5.26 Å². The van der Waals surface area contributed by atoms with E-state index < -0.39 is 12.9 Å². The van der Waals surface area contributed by atoms with Gasteiger partial charge in [-0.2, -0.15) is 5.26 Å². The van der Waals surface area contributed by atoms with Crippen molar-refractivity contribution in [3.63, 3.8) is 0 Å². The SMILES string of the molecule is [2H]C([2H])([2H])N(C)CC=CC(=O)Nc1cc2c(Nc3ccc(OCc4ccccn4)c(Cl)c3)c(C#N)cnc2cc1OCC. The second-order valence-corrected chi connectivity index (χ2v) is 9.02. The summed E-state index contributed by atoms with van der Waals surface area (Å²) in [6.07, 6.45) is 5.85. The lowest BCUT2D eigenvalue weighted by atomic mass is 10.1. The van der Waals surface area contributed by atoms with Crippen molar-refractivity contribution >= 4 is 45.5 Å². The van der Waals surface area contributed by atoms with E-state index in [1.165, 1.54) is 25.4 Å². The Morgan fingerprint density at radius 3 is 2.80 bits per heavy atom. The zero-order valence-electron chi connectivity index (χ0n) is 24.9. The smallest absolute Gasteiger partial charge is 0.248 e. The Labute approximate surface area is 242 Å². The second-order valence-electron chi connectivity index (χ2n) is 8.61. The number of nitrogens with one attached hydrogen (secondary N) is 2. The van der Waals surface area contributed by atoms with Crippen LogP contribution in [0.2, 0.25) is 5.02 Å². The van der Waals surface area contributed by atoms with Crippen LogP contribution in [0.4, 0.5) is 17.1 Å². The van der Waals surface area contributed by atoms with E-state index in [9.17, 15) is 10.1 Å². The molecule has 2 N–H and O–H groups in total. The van der Waals surface area contributed by atoms with Gasteiger partial charge in [-0.3, -0.25) is 14.8 Å². The number of pyridine rings is 2. The molecule has 0 saturated carbocycles. The minimum Gasteiger partial charge on any atom is -0.492 e. The van der Waals surface area contributed by atoms with Gasteiger partial charge in [-0.05, 0) is 57.3 Å². The number of nitrogens with zero attached hydrogens (tertiary/aromatic N) is 4. The van der Waals surface area contributed by atoms with Gasteiger partial charge in [0.1, 0.15) is 24.2 Å². The number of amides is 1. The quantitative estimate of drug-likeness (QED) is 0.217. The summed E-state index contributed by atoms with van der Waals surface area (Å²) in [4.78, 5) is 22.5. The summed E-state index contributed by atoms with van der Waals surface area (Å²) < 4.78 is 33.8. The van der Waals surface area contributed by atoms with Gasteiger partial charge in [0.2, 0.25) is 5.91 Å². The Hall–Kier alpha value is -4.65. The number of halogens is 1. The maximum absolute atomic E-state index is 12.7. The van der Waals surface area contributed by atoms with Gasteiger partial charge in [0.25, 0.3) is 0 Å². The molecule has 9 nitrogen and oxygen atoms in total. The van der Waals surface area contributed by atoms with E-state index in [1.54, 1.807) is 36.5 Å². The van der Waals surface area contributed by atoms with Crippen molar-refractivity contribution in [3.8, 4) is 17.6 Å². The first-order chi connectivity index (χ1) is 20.6. The van der Waals surface area contributed by atoms with E-state index in [0.717, 1.165) is 10.6 Å². The number of anilines is 3. The summed E-state index contributed by atoms with van der Waals surface area (Å²) in [7, 11) is 1.44. The number of rotatable bonds is 11. The van der Waals surface area contributed by atoms with Gasteiger partial charge in [-0.25, -0.2) is 0 Å². The molecule has 1 amide bonds. The fourth-order valence-corrected chi connectivity index (χ4v) is 4.01. The third-order valence-electron chi connectivity index (χ3n) is 5.60. The van der Waals surface area contributed by atoms with Crippen molar-refractivity contribution in [3.05, 3.63) is 89.4 Å². The lowest BCUT2D eigenvalue weighted by molar-refractivity contribution is -0.111. The molecule has 0 saturated heterocycles. The van der Waals surface area contributed by atoms with Crippen molar-refractivity contribution in [1.82, 2.24) is 14.9 Å². The van der Waals surface area contributed by atoms with Crippen LogP contribution in [0, 0.1) is 11.3 Å². The van der Waals surface area contributed by atoms with Crippen LogP contribution in [0.1, 0.15) is 22.3 Å². The first-order valence-corrected chi connectivity index (χ1v) is 12.7. The van der Waals surface area contributed by atoms with E-state index in [4.69, 9.17) is 25.2 Å². The third kappa shape index (κ3) is 7.26. The van der Waals surface area contributed by atoms with Gasteiger partial charge >= 0.3 is 0 Å². The summed E-state index contributed by atoms with van der Waals surface area (Å²) in [5.41, 5.74) is 2.96. The molecule has 0 aliphatic carbocycles. The number of nitriles is 1. The zero-order valence-corrected chi connectivity index (χ0v) is 22.7. The molecule has 40 heavy (non-hydrogen) atoms. The van der Waals surface area contributed by atoms with Gasteiger partial charge in [0, 0.05) is 46.3 Å². The number of hydrogen-bond donors (Lipinski definition) is 2. The normalized spacial score (nSPS) is 12.4. The van der Waals surface area contributed by atoms with E-state index in [1.807, 2.05) is 25.1 Å². The molecular formula is C30H29ClN6O3. The van der Waals surface area contributed by atoms with Crippen molar-refractivity contribution in [2.24, 2.45) is 0 Å². The second kappa shape index (κ2) is 13.4. The molecule has 0 aliphatic rings. The fourth-order valence-electron chi connectivity index (χ4n) is 3.78. The van der Waals surface area contributed by atoms with Crippen molar-refractivity contribution in [2.45, 2.75) is 13.5 Å². The van der Waals surface area contributed by atoms with Gasteiger partial charge in [0.05, 0.1) is 39.8 Å². The monoisotopic (exact) mass is 559 g/mol. The first-order valence-electron chi connectivity index (χ1n) is 13.9. The molecule has 4 rings (SSSR count).